The van der Waals surface area contributed by atoms with Crippen molar-refractivity contribution in [3.05, 3.63) is 52.7 Å². The van der Waals surface area contributed by atoms with Crippen molar-refractivity contribution in [1.29, 1.82) is 0 Å². The molecule has 0 aliphatic heterocycles. The number of ketones is 1. The molecule has 2 aromatic rings. The normalized spacial score (nSPS) is 12.5. The molecule has 1 amide bonds. The minimum atomic E-state index is -0.638. The third-order valence-corrected chi connectivity index (χ3v) is 3.01. The highest BCUT2D eigenvalue weighted by atomic mass is 16.2. The second-order valence-corrected chi connectivity index (χ2v) is 4.26. The van der Waals surface area contributed by atoms with Crippen LogP contribution in [0.2, 0.25) is 0 Å². The molecule has 2 N–H and O–H groups in total. The molecule has 0 unspecified atom stereocenters. The number of nitrogens with one attached hydrogen (secondary N) is 2. The Labute approximate surface area is 116 Å². The quantitative estimate of drug-likeness (QED) is 0.653. The van der Waals surface area contributed by atoms with Crippen LogP contribution in [0, 0.1) is 0 Å². The number of aromatic nitrogens is 1. The molecule has 2 rings (SSSR count). The predicted molar refractivity (Wildman–Crippen MR) is 79.7 cm³/mol. The highest BCUT2D eigenvalue weighted by Gasteiger charge is 2.18. The van der Waals surface area contributed by atoms with Crippen LogP contribution in [0.4, 0.5) is 5.69 Å². The number of carbonyl (C=O) groups is 2. The van der Waals surface area contributed by atoms with Gasteiger partial charge in [0.1, 0.15) is 0 Å². The smallest absolute Gasteiger partial charge is 0.296 e. The number of Topliss-reactive ketones (excluding diaryl/α,β-unsaturated/α-hetero) is 1. The summed E-state index contributed by atoms with van der Waals surface area (Å²) < 4.78 is 0. The molecule has 0 aliphatic carbocycles. The molecule has 4 nitrogen and oxygen atoms in total. The highest BCUT2D eigenvalue weighted by Crippen LogP contribution is 2.05. The molecule has 4 heteroatoms. The molecule has 0 aliphatic rings. The number of carbonyl (C=O) groups excluding carboxylic acids is 2. The molecule has 0 spiro atoms. The number of para-hydroxylation sites is 1. The number of hydrogen-bond donors (Lipinski definition) is 2. The van der Waals surface area contributed by atoms with Crippen molar-refractivity contribution < 1.29 is 9.59 Å². The van der Waals surface area contributed by atoms with Crippen molar-refractivity contribution in [1.82, 2.24) is 4.98 Å². The zero-order valence-corrected chi connectivity index (χ0v) is 11.4. The van der Waals surface area contributed by atoms with Gasteiger partial charge in [0, 0.05) is 22.5 Å². The number of H-pyrrole nitrogens is 1. The first-order chi connectivity index (χ1) is 9.67. The fraction of sp³-hybridized carbons (Fsp3) is 0.125. The number of aromatic amines is 1. The number of rotatable bonds is 3. The summed E-state index contributed by atoms with van der Waals surface area (Å²) in [7, 11) is 0. The molecule has 20 heavy (non-hydrogen) atoms. The van der Waals surface area contributed by atoms with Gasteiger partial charge in [0.25, 0.3) is 11.7 Å². The summed E-state index contributed by atoms with van der Waals surface area (Å²) in [6.45, 7) is 3.71. The maximum atomic E-state index is 12.2. The Balaban J connectivity index is 2.29. The summed E-state index contributed by atoms with van der Waals surface area (Å²) in [4.78, 5) is 27.2. The van der Waals surface area contributed by atoms with Crippen LogP contribution in [-0.2, 0) is 4.79 Å². The van der Waals surface area contributed by atoms with Gasteiger partial charge in [0.15, 0.2) is 0 Å². The molecular formula is C16H16N2O2. The van der Waals surface area contributed by atoms with Gasteiger partial charge in [-0.25, -0.2) is 0 Å². The zero-order valence-electron chi connectivity index (χ0n) is 11.4. The molecule has 0 bridgehead atoms. The molecule has 0 atom stereocenters. The van der Waals surface area contributed by atoms with Crippen molar-refractivity contribution in [3.63, 3.8) is 0 Å². The average Bonchev–Trinajstić information content (AvgIpc) is 2.90. The molecule has 0 saturated heterocycles. The first kappa shape index (κ1) is 13.8. The van der Waals surface area contributed by atoms with Gasteiger partial charge in [-0.05, 0) is 26.0 Å². The number of anilines is 1. The second kappa shape index (κ2) is 6.02. The minimum Gasteiger partial charge on any atom is -0.361 e. The van der Waals surface area contributed by atoms with Crippen LogP contribution < -0.4 is 15.9 Å². The van der Waals surface area contributed by atoms with E-state index in [1.54, 1.807) is 30.5 Å². The lowest BCUT2D eigenvalue weighted by Crippen LogP contribution is -2.31. The predicted octanol–water partition coefficient (Wildman–Crippen LogP) is 1.44. The molecule has 0 radical (unpaired) electrons. The second-order valence-electron chi connectivity index (χ2n) is 4.26. The monoisotopic (exact) mass is 268 g/mol. The SMILES string of the molecule is C/C=c1/c(C(=O)C(=O)Nc2ccccc2)c[nH]/c1=C/C. The van der Waals surface area contributed by atoms with Gasteiger partial charge in [-0.1, -0.05) is 30.4 Å². The first-order valence-corrected chi connectivity index (χ1v) is 6.38. The Hall–Kier alpha value is -2.62. The fourth-order valence-corrected chi connectivity index (χ4v) is 2.02. The summed E-state index contributed by atoms with van der Waals surface area (Å²) in [5.41, 5.74) is 0.986. The first-order valence-electron chi connectivity index (χ1n) is 6.38. The third kappa shape index (κ3) is 2.69. The van der Waals surface area contributed by atoms with Crippen molar-refractivity contribution in [2.75, 3.05) is 5.32 Å². The van der Waals surface area contributed by atoms with E-state index < -0.39 is 11.7 Å². The number of hydrogen-bond acceptors (Lipinski definition) is 2. The fourth-order valence-electron chi connectivity index (χ4n) is 2.02. The summed E-state index contributed by atoms with van der Waals surface area (Å²) in [6, 6.07) is 8.91. The minimum absolute atomic E-state index is 0.383. The van der Waals surface area contributed by atoms with Crippen LogP contribution in [0.25, 0.3) is 12.2 Å². The topological polar surface area (TPSA) is 62.0 Å². The van der Waals surface area contributed by atoms with Crippen LogP contribution in [0.5, 0.6) is 0 Å². The van der Waals surface area contributed by atoms with Gasteiger partial charge >= 0.3 is 0 Å². The standard InChI is InChI=1S/C16H16N2O2/c1-3-12-13(10-17-14(12)4-2)15(19)16(20)18-11-8-6-5-7-9-11/h3-10,17H,1-2H3,(H,18,20)/b12-3-,14-4+. The third-order valence-electron chi connectivity index (χ3n) is 3.01. The Kier molecular flexibility index (Phi) is 4.15. The van der Waals surface area contributed by atoms with E-state index in [1.807, 2.05) is 32.1 Å². The Morgan fingerprint density at radius 2 is 1.80 bits per heavy atom. The Morgan fingerprint density at radius 1 is 1.10 bits per heavy atom. The molecule has 0 fully saturated rings. The van der Waals surface area contributed by atoms with Crippen molar-refractivity contribution in [2.24, 2.45) is 0 Å². The van der Waals surface area contributed by atoms with Gasteiger partial charge in [0.2, 0.25) is 0 Å². The lowest BCUT2D eigenvalue weighted by molar-refractivity contribution is -0.112. The van der Waals surface area contributed by atoms with Crippen molar-refractivity contribution >= 4 is 29.5 Å². The Morgan fingerprint density at radius 3 is 2.40 bits per heavy atom. The van der Waals surface area contributed by atoms with Crippen molar-refractivity contribution in [2.45, 2.75) is 13.8 Å². The average molecular weight is 268 g/mol. The highest BCUT2D eigenvalue weighted by molar-refractivity contribution is 6.46. The lowest BCUT2D eigenvalue weighted by Gasteiger charge is -2.02. The van der Waals surface area contributed by atoms with Crippen LogP contribution >= 0.6 is 0 Å². The van der Waals surface area contributed by atoms with E-state index in [-0.39, 0.29) is 0 Å². The van der Waals surface area contributed by atoms with Gasteiger partial charge in [-0.15, -0.1) is 0 Å². The Bertz CT molecular complexity index is 743. The van der Waals surface area contributed by atoms with Gasteiger partial charge < -0.3 is 10.3 Å². The lowest BCUT2D eigenvalue weighted by atomic mass is 10.1. The van der Waals surface area contributed by atoms with Gasteiger partial charge in [-0.2, -0.15) is 0 Å². The molecular weight excluding hydrogens is 252 g/mol. The van der Waals surface area contributed by atoms with Gasteiger partial charge in [-0.3, -0.25) is 9.59 Å². The van der Waals surface area contributed by atoms with E-state index in [9.17, 15) is 9.59 Å². The molecule has 0 saturated carbocycles. The van der Waals surface area contributed by atoms with Crippen LogP contribution in [-0.4, -0.2) is 16.7 Å². The number of benzene rings is 1. The summed E-state index contributed by atoms with van der Waals surface area (Å²) in [5.74, 6) is -1.19. The van der Waals surface area contributed by atoms with Crippen molar-refractivity contribution in [3.8, 4) is 0 Å². The maximum Gasteiger partial charge on any atom is 0.296 e. The van der Waals surface area contributed by atoms with E-state index in [4.69, 9.17) is 0 Å². The largest absolute Gasteiger partial charge is 0.361 e. The summed E-state index contributed by atoms with van der Waals surface area (Å²) in [6.07, 6.45) is 5.24. The molecule has 1 heterocycles. The molecule has 1 aromatic carbocycles. The van der Waals surface area contributed by atoms with Gasteiger partial charge in [0.05, 0.1) is 5.56 Å². The van der Waals surface area contributed by atoms with E-state index in [1.165, 1.54) is 0 Å². The summed E-state index contributed by atoms with van der Waals surface area (Å²) in [5, 5.41) is 4.18. The van der Waals surface area contributed by atoms with Crippen LogP contribution in [0.1, 0.15) is 24.2 Å². The van der Waals surface area contributed by atoms with E-state index in [0.29, 0.717) is 11.3 Å². The van der Waals surface area contributed by atoms with E-state index >= 15 is 0 Å². The van der Waals surface area contributed by atoms with E-state index in [2.05, 4.69) is 10.3 Å². The summed E-state index contributed by atoms with van der Waals surface area (Å²) >= 11 is 0. The maximum absolute atomic E-state index is 12.2. The van der Waals surface area contributed by atoms with Crippen LogP contribution in [0.3, 0.4) is 0 Å². The zero-order chi connectivity index (χ0) is 14.5. The number of amides is 1. The van der Waals surface area contributed by atoms with Crippen LogP contribution in [0.15, 0.2) is 36.5 Å². The molecule has 1 aromatic heterocycles. The molecule has 102 valence electrons. The van der Waals surface area contributed by atoms with E-state index in [0.717, 1.165) is 10.6 Å².